The van der Waals surface area contributed by atoms with Crippen molar-refractivity contribution in [3.05, 3.63) is 108 Å². The van der Waals surface area contributed by atoms with Crippen LogP contribution in [-0.4, -0.2) is 29.1 Å². The molecular weight excluding hydrogens is 438 g/mol. The molecule has 0 radical (unpaired) electrons. The van der Waals surface area contributed by atoms with Crippen molar-refractivity contribution in [1.29, 1.82) is 0 Å². The first-order valence-electron chi connectivity index (χ1n) is 10.3. The number of nitrogens with zero attached hydrogens (tertiary/aromatic N) is 3. The normalized spacial score (nSPS) is 11.3. The molecule has 1 aromatic heterocycles. The van der Waals surface area contributed by atoms with E-state index in [0.717, 1.165) is 11.1 Å². The van der Waals surface area contributed by atoms with Gasteiger partial charge in [0, 0.05) is 17.8 Å². The van der Waals surface area contributed by atoms with Gasteiger partial charge in [0.05, 0.1) is 11.4 Å². The van der Waals surface area contributed by atoms with Crippen molar-refractivity contribution in [2.75, 3.05) is 5.32 Å². The number of hydrogen-bond acceptors (Lipinski definition) is 5. The largest absolute Gasteiger partial charge is 0.322 e. The van der Waals surface area contributed by atoms with Crippen LogP contribution in [0.15, 0.2) is 90.3 Å². The van der Waals surface area contributed by atoms with Gasteiger partial charge in [0.1, 0.15) is 12.7 Å². The second-order valence-electron chi connectivity index (χ2n) is 7.49. The van der Waals surface area contributed by atoms with Crippen molar-refractivity contribution in [2.45, 2.75) is 24.9 Å². The molecule has 9 heteroatoms. The van der Waals surface area contributed by atoms with Crippen LogP contribution in [0.1, 0.15) is 27.0 Å². The predicted molar refractivity (Wildman–Crippen MR) is 125 cm³/mol. The van der Waals surface area contributed by atoms with Gasteiger partial charge in [0.2, 0.25) is 10.0 Å². The van der Waals surface area contributed by atoms with Crippen LogP contribution >= 0.6 is 0 Å². The molecule has 8 nitrogen and oxygen atoms in total. The molecular formula is C24H23N5O3S. The Morgan fingerprint density at radius 3 is 2.52 bits per heavy atom. The number of anilines is 1. The van der Waals surface area contributed by atoms with Crippen LogP contribution in [-0.2, 0) is 23.1 Å². The van der Waals surface area contributed by atoms with Crippen LogP contribution in [0.2, 0.25) is 0 Å². The molecule has 0 fully saturated rings. The number of sulfonamides is 1. The van der Waals surface area contributed by atoms with Crippen molar-refractivity contribution >= 4 is 21.6 Å². The zero-order valence-electron chi connectivity index (χ0n) is 18.0. The second-order valence-corrected chi connectivity index (χ2v) is 9.26. The molecule has 168 valence electrons. The van der Waals surface area contributed by atoms with E-state index in [0.29, 0.717) is 17.8 Å². The van der Waals surface area contributed by atoms with Gasteiger partial charge < -0.3 is 5.32 Å². The van der Waals surface area contributed by atoms with E-state index >= 15 is 0 Å². The van der Waals surface area contributed by atoms with Gasteiger partial charge in [-0.05, 0) is 41.8 Å². The highest BCUT2D eigenvalue weighted by Gasteiger charge is 2.19. The summed E-state index contributed by atoms with van der Waals surface area (Å²) in [4.78, 5) is 17.1. The van der Waals surface area contributed by atoms with E-state index in [1.54, 1.807) is 30.1 Å². The molecule has 0 bridgehead atoms. The fourth-order valence-corrected chi connectivity index (χ4v) is 4.37. The van der Waals surface area contributed by atoms with Gasteiger partial charge in [0.25, 0.3) is 5.91 Å². The van der Waals surface area contributed by atoms with Gasteiger partial charge in [-0.15, -0.1) is 0 Å². The maximum Gasteiger partial charge on any atom is 0.255 e. The highest BCUT2D eigenvalue weighted by atomic mass is 32.2. The lowest BCUT2D eigenvalue weighted by Crippen LogP contribution is -2.24. The van der Waals surface area contributed by atoms with Gasteiger partial charge >= 0.3 is 0 Å². The van der Waals surface area contributed by atoms with Crippen molar-refractivity contribution < 1.29 is 13.2 Å². The van der Waals surface area contributed by atoms with Crippen LogP contribution in [0.4, 0.5) is 5.69 Å². The zero-order chi connectivity index (χ0) is 23.3. The van der Waals surface area contributed by atoms with Crippen molar-refractivity contribution in [3.8, 4) is 0 Å². The quantitative estimate of drug-likeness (QED) is 0.419. The number of aryl methyl sites for hydroxylation is 1. The molecule has 4 aromatic rings. The summed E-state index contributed by atoms with van der Waals surface area (Å²) in [5.41, 5.74) is 3.27. The Kier molecular flexibility index (Phi) is 6.62. The Labute approximate surface area is 192 Å². The number of carbonyl (C=O) groups is 1. The monoisotopic (exact) mass is 461 g/mol. The smallest absolute Gasteiger partial charge is 0.255 e. The van der Waals surface area contributed by atoms with E-state index in [-0.39, 0.29) is 17.0 Å². The molecule has 0 aliphatic heterocycles. The predicted octanol–water partition coefficient (Wildman–Crippen LogP) is 3.37. The fraction of sp³-hybridized carbons (Fsp3) is 0.125. The fourth-order valence-electron chi connectivity index (χ4n) is 3.33. The average Bonchev–Trinajstić information content (AvgIpc) is 3.33. The number of hydrogen-bond donors (Lipinski definition) is 2. The van der Waals surface area contributed by atoms with Crippen molar-refractivity contribution in [1.82, 2.24) is 19.5 Å². The van der Waals surface area contributed by atoms with Gasteiger partial charge in [0.15, 0.2) is 0 Å². The van der Waals surface area contributed by atoms with Gasteiger partial charge in [-0.25, -0.2) is 22.8 Å². The summed E-state index contributed by atoms with van der Waals surface area (Å²) in [5.74, 6) is -0.390. The number of rotatable bonds is 8. The Morgan fingerprint density at radius 1 is 1.00 bits per heavy atom. The Morgan fingerprint density at radius 2 is 1.76 bits per heavy atom. The molecule has 0 atom stereocenters. The van der Waals surface area contributed by atoms with Crippen LogP contribution in [0.25, 0.3) is 0 Å². The summed E-state index contributed by atoms with van der Waals surface area (Å²) in [6.45, 7) is 2.37. The van der Waals surface area contributed by atoms with Crippen LogP contribution in [0.5, 0.6) is 0 Å². The second kappa shape index (κ2) is 9.76. The van der Waals surface area contributed by atoms with E-state index < -0.39 is 15.9 Å². The molecule has 0 aliphatic carbocycles. The zero-order valence-corrected chi connectivity index (χ0v) is 18.8. The molecule has 0 saturated heterocycles. The molecule has 3 aromatic carbocycles. The number of aromatic nitrogens is 3. The minimum atomic E-state index is -3.80. The topological polar surface area (TPSA) is 106 Å². The molecule has 4 rings (SSSR count). The Balaban J connectivity index is 1.54. The van der Waals surface area contributed by atoms with Crippen molar-refractivity contribution in [3.63, 3.8) is 0 Å². The van der Waals surface area contributed by atoms with Crippen LogP contribution < -0.4 is 10.0 Å². The summed E-state index contributed by atoms with van der Waals surface area (Å²) in [6, 6.07) is 21.1. The van der Waals surface area contributed by atoms with Gasteiger partial charge in [-0.1, -0.05) is 54.6 Å². The molecule has 0 aliphatic rings. The highest BCUT2D eigenvalue weighted by Crippen LogP contribution is 2.21. The maximum atomic E-state index is 13.1. The molecule has 1 amide bonds. The third-order valence-electron chi connectivity index (χ3n) is 5.14. The molecule has 0 unspecified atom stereocenters. The van der Waals surface area contributed by atoms with E-state index in [9.17, 15) is 13.2 Å². The first-order chi connectivity index (χ1) is 15.9. The number of carbonyl (C=O) groups excluding carboxylic acids is 1. The van der Waals surface area contributed by atoms with E-state index in [1.165, 1.54) is 18.5 Å². The average molecular weight is 462 g/mol. The van der Waals surface area contributed by atoms with E-state index in [1.807, 2.05) is 48.5 Å². The number of benzene rings is 3. The molecule has 33 heavy (non-hydrogen) atoms. The molecule has 2 N–H and O–H groups in total. The highest BCUT2D eigenvalue weighted by molar-refractivity contribution is 7.89. The standard InChI is InChI=1S/C24H23N5O3S/c1-18-11-12-21(33(31,32)27-14-19-7-3-2-4-8-19)13-22(18)24(30)28-23-10-6-5-9-20(23)15-29-17-25-16-26-29/h2-13,16-17,27H,14-15H2,1H3,(H,28,30). The molecule has 0 saturated carbocycles. The molecule has 1 heterocycles. The van der Waals surface area contributed by atoms with Crippen LogP contribution in [0.3, 0.4) is 0 Å². The maximum absolute atomic E-state index is 13.1. The van der Waals surface area contributed by atoms with Gasteiger partial charge in [-0.2, -0.15) is 5.10 Å². The summed E-state index contributed by atoms with van der Waals surface area (Å²) in [5, 5.41) is 7.00. The van der Waals surface area contributed by atoms with E-state index in [2.05, 4.69) is 20.1 Å². The number of amides is 1. The van der Waals surface area contributed by atoms with Crippen LogP contribution in [0, 0.1) is 6.92 Å². The Bertz CT molecular complexity index is 1350. The first kappa shape index (κ1) is 22.4. The summed E-state index contributed by atoms with van der Waals surface area (Å²) < 4.78 is 29.9. The summed E-state index contributed by atoms with van der Waals surface area (Å²) >= 11 is 0. The minimum absolute atomic E-state index is 0.0325. The van der Waals surface area contributed by atoms with Crippen molar-refractivity contribution in [2.24, 2.45) is 0 Å². The first-order valence-corrected chi connectivity index (χ1v) is 11.8. The van der Waals surface area contributed by atoms with E-state index in [4.69, 9.17) is 0 Å². The SMILES string of the molecule is Cc1ccc(S(=O)(=O)NCc2ccccc2)cc1C(=O)Nc1ccccc1Cn1cncn1. The number of para-hydroxylation sites is 1. The third-order valence-corrected chi connectivity index (χ3v) is 6.54. The third kappa shape index (κ3) is 5.51. The lowest BCUT2D eigenvalue weighted by Gasteiger charge is -2.14. The lowest BCUT2D eigenvalue weighted by molar-refractivity contribution is 0.102. The summed E-state index contributed by atoms with van der Waals surface area (Å²) in [6.07, 6.45) is 3.04. The number of nitrogens with one attached hydrogen (secondary N) is 2. The lowest BCUT2D eigenvalue weighted by atomic mass is 10.1. The summed E-state index contributed by atoms with van der Waals surface area (Å²) in [7, 11) is -3.80. The van der Waals surface area contributed by atoms with Gasteiger partial charge in [-0.3, -0.25) is 4.79 Å². The molecule has 0 spiro atoms. The minimum Gasteiger partial charge on any atom is -0.322 e. The Hall–Kier alpha value is -3.82.